The SMILES string of the molecule is O=Cc1cc(C(=O)c2ccccc2)ccc1F. The zero-order valence-corrected chi connectivity index (χ0v) is 8.89. The Morgan fingerprint density at radius 3 is 2.35 bits per heavy atom. The lowest BCUT2D eigenvalue weighted by Crippen LogP contribution is -2.02. The maximum atomic E-state index is 13.1. The first-order valence-corrected chi connectivity index (χ1v) is 5.07. The fraction of sp³-hybridized carbons (Fsp3) is 0. The van der Waals surface area contributed by atoms with Crippen molar-refractivity contribution in [1.82, 2.24) is 0 Å². The Morgan fingerprint density at radius 1 is 1.00 bits per heavy atom. The van der Waals surface area contributed by atoms with E-state index < -0.39 is 5.82 Å². The summed E-state index contributed by atoms with van der Waals surface area (Å²) in [4.78, 5) is 22.6. The Labute approximate surface area is 97.7 Å². The van der Waals surface area contributed by atoms with Crippen molar-refractivity contribution in [2.24, 2.45) is 0 Å². The molecule has 0 amide bonds. The minimum absolute atomic E-state index is 0.105. The third kappa shape index (κ3) is 2.28. The molecule has 0 atom stereocenters. The van der Waals surface area contributed by atoms with Crippen LogP contribution < -0.4 is 0 Å². The van der Waals surface area contributed by atoms with Gasteiger partial charge in [-0.25, -0.2) is 4.39 Å². The number of hydrogen-bond acceptors (Lipinski definition) is 2. The third-order valence-corrected chi connectivity index (χ3v) is 2.42. The van der Waals surface area contributed by atoms with E-state index in [0.717, 1.165) is 6.07 Å². The molecule has 0 bridgehead atoms. The summed E-state index contributed by atoms with van der Waals surface area (Å²) < 4.78 is 13.1. The van der Waals surface area contributed by atoms with Crippen LogP contribution in [0.15, 0.2) is 48.5 Å². The van der Waals surface area contributed by atoms with E-state index in [1.807, 2.05) is 0 Å². The summed E-state index contributed by atoms with van der Waals surface area (Å²) in [5, 5.41) is 0. The molecule has 0 fully saturated rings. The van der Waals surface area contributed by atoms with Gasteiger partial charge in [-0.2, -0.15) is 0 Å². The molecule has 0 N–H and O–H groups in total. The summed E-state index contributed by atoms with van der Waals surface area (Å²) in [6.45, 7) is 0. The molecule has 0 aliphatic heterocycles. The fourth-order valence-corrected chi connectivity index (χ4v) is 1.53. The minimum atomic E-state index is -0.621. The predicted molar refractivity (Wildman–Crippen MR) is 61.7 cm³/mol. The second-order valence-electron chi connectivity index (χ2n) is 3.55. The normalized spacial score (nSPS) is 9.94. The molecule has 84 valence electrons. The van der Waals surface area contributed by atoms with Crippen LogP contribution in [0.4, 0.5) is 4.39 Å². The molecule has 17 heavy (non-hydrogen) atoms. The number of ketones is 1. The van der Waals surface area contributed by atoms with Gasteiger partial charge in [0.2, 0.25) is 0 Å². The molecule has 3 heteroatoms. The third-order valence-electron chi connectivity index (χ3n) is 2.42. The molecule has 0 saturated carbocycles. The molecule has 2 rings (SSSR count). The molecule has 0 spiro atoms. The maximum absolute atomic E-state index is 13.1. The van der Waals surface area contributed by atoms with Crippen LogP contribution >= 0.6 is 0 Å². The van der Waals surface area contributed by atoms with Crippen LogP contribution in [0.1, 0.15) is 26.3 Å². The lowest BCUT2D eigenvalue weighted by atomic mass is 10.0. The van der Waals surface area contributed by atoms with Crippen molar-refractivity contribution in [2.45, 2.75) is 0 Å². The Morgan fingerprint density at radius 2 is 1.71 bits per heavy atom. The van der Waals surface area contributed by atoms with Crippen molar-refractivity contribution in [3.05, 3.63) is 71.0 Å². The number of rotatable bonds is 3. The molecule has 0 saturated heterocycles. The van der Waals surface area contributed by atoms with Crippen molar-refractivity contribution in [3.8, 4) is 0 Å². The van der Waals surface area contributed by atoms with Crippen LogP contribution in [-0.2, 0) is 0 Å². The Balaban J connectivity index is 2.42. The molecule has 0 aliphatic rings. The van der Waals surface area contributed by atoms with Crippen molar-refractivity contribution in [3.63, 3.8) is 0 Å². The Bertz CT molecular complexity index is 562. The van der Waals surface area contributed by atoms with Gasteiger partial charge in [-0.1, -0.05) is 30.3 Å². The first-order valence-electron chi connectivity index (χ1n) is 5.07. The summed E-state index contributed by atoms with van der Waals surface area (Å²) >= 11 is 0. The first kappa shape index (κ1) is 11.2. The van der Waals surface area contributed by atoms with E-state index in [4.69, 9.17) is 0 Å². The monoisotopic (exact) mass is 228 g/mol. The molecule has 0 aliphatic carbocycles. The van der Waals surface area contributed by atoms with Gasteiger partial charge in [-0.15, -0.1) is 0 Å². The number of benzene rings is 2. The van der Waals surface area contributed by atoms with Gasteiger partial charge < -0.3 is 0 Å². The van der Waals surface area contributed by atoms with Crippen LogP contribution in [0.3, 0.4) is 0 Å². The van der Waals surface area contributed by atoms with E-state index in [0.29, 0.717) is 17.4 Å². The van der Waals surface area contributed by atoms with Gasteiger partial charge in [0.15, 0.2) is 12.1 Å². The summed E-state index contributed by atoms with van der Waals surface area (Å²) in [5.41, 5.74) is 0.711. The highest BCUT2D eigenvalue weighted by Gasteiger charge is 2.10. The first-order chi connectivity index (χ1) is 8.22. The summed E-state index contributed by atoms with van der Waals surface area (Å²) in [5.74, 6) is -0.849. The van der Waals surface area contributed by atoms with Crippen LogP contribution in [0.25, 0.3) is 0 Å². The highest BCUT2D eigenvalue weighted by atomic mass is 19.1. The van der Waals surface area contributed by atoms with Crippen LogP contribution in [0, 0.1) is 5.82 Å². The molecular formula is C14H9FO2. The van der Waals surface area contributed by atoms with Gasteiger partial charge in [0.25, 0.3) is 0 Å². The number of halogens is 1. The van der Waals surface area contributed by atoms with Crippen molar-refractivity contribution < 1.29 is 14.0 Å². The fourth-order valence-electron chi connectivity index (χ4n) is 1.53. The molecule has 0 heterocycles. The average molecular weight is 228 g/mol. The summed E-state index contributed by atoms with van der Waals surface area (Å²) in [6, 6.07) is 12.4. The summed E-state index contributed by atoms with van der Waals surface area (Å²) in [7, 11) is 0. The van der Waals surface area contributed by atoms with E-state index >= 15 is 0 Å². The second-order valence-corrected chi connectivity index (χ2v) is 3.55. The molecule has 0 unspecified atom stereocenters. The van der Waals surface area contributed by atoms with Gasteiger partial charge >= 0.3 is 0 Å². The van der Waals surface area contributed by atoms with Gasteiger partial charge in [-0.3, -0.25) is 9.59 Å². The Kier molecular flexibility index (Phi) is 3.10. The van der Waals surface area contributed by atoms with Crippen LogP contribution in [0.5, 0.6) is 0 Å². The zero-order chi connectivity index (χ0) is 12.3. The highest BCUT2D eigenvalue weighted by Crippen LogP contribution is 2.13. The average Bonchev–Trinajstić information content (AvgIpc) is 2.39. The van der Waals surface area contributed by atoms with E-state index in [2.05, 4.69) is 0 Å². The van der Waals surface area contributed by atoms with Gasteiger partial charge in [0.05, 0.1) is 5.56 Å². The van der Waals surface area contributed by atoms with Gasteiger partial charge in [0.1, 0.15) is 5.82 Å². The number of hydrogen-bond donors (Lipinski definition) is 0. The van der Waals surface area contributed by atoms with Crippen molar-refractivity contribution in [1.29, 1.82) is 0 Å². The quantitative estimate of drug-likeness (QED) is 0.598. The molecule has 2 nitrogen and oxygen atoms in total. The molecular weight excluding hydrogens is 219 g/mol. The minimum Gasteiger partial charge on any atom is -0.298 e. The predicted octanol–water partition coefficient (Wildman–Crippen LogP) is 2.87. The van der Waals surface area contributed by atoms with Crippen LogP contribution in [0.2, 0.25) is 0 Å². The lowest BCUT2D eigenvalue weighted by Gasteiger charge is -2.02. The maximum Gasteiger partial charge on any atom is 0.193 e. The second kappa shape index (κ2) is 4.70. The van der Waals surface area contributed by atoms with Crippen molar-refractivity contribution in [2.75, 3.05) is 0 Å². The van der Waals surface area contributed by atoms with E-state index in [1.54, 1.807) is 30.3 Å². The van der Waals surface area contributed by atoms with E-state index in [1.165, 1.54) is 12.1 Å². The number of carbonyl (C=O) groups excluding carboxylic acids is 2. The number of carbonyl (C=O) groups is 2. The molecule has 2 aromatic rings. The van der Waals surface area contributed by atoms with Gasteiger partial charge in [0, 0.05) is 11.1 Å². The zero-order valence-electron chi connectivity index (χ0n) is 8.89. The highest BCUT2D eigenvalue weighted by molar-refractivity contribution is 6.09. The lowest BCUT2D eigenvalue weighted by molar-refractivity contribution is 0.103. The largest absolute Gasteiger partial charge is 0.298 e. The van der Waals surface area contributed by atoms with Gasteiger partial charge in [-0.05, 0) is 18.2 Å². The molecule has 2 aromatic carbocycles. The van der Waals surface area contributed by atoms with Crippen LogP contribution in [-0.4, -0.2) is 12.1 Å². The topological polar surface area (TPSA) is 34.1 Å². The molecule has 0 radical (unpaired) electrons. The number of aldehydes is 1. The van der Waals surface area contributed by atoms with Crippen molar-refractivity contribution >= 4 is 12.1 Å². The molecule has 0 aromatic heterocycles. The van der Waals surface area contributed by atoms with E-state index in [-0.39, 0.29) is 11.3 Å². The Hall–Kier alpha value is -2.29. The standard InChI is InChI=1S/C14H9FO2/c15-13-7-6-11(8-12(13)9-16)14(17)10-4-2-1-3-5-10/h1-9H. The smallest absolute Gasteiger partial charge is 0.193 e. The summed E-state index contributed by atoms with van der Waals surface area (Å²) in [6.07, 6.45) is 0.400. The van der Waals surface area contributed by atoms with E-state index in [9.17, 15) is 14.0 Å².